The van der Waals surface area contributed by atoms with Crippen LogP contribution in [-0.4, -0.2) is 17.8 Å². The van der Waals surface area contributed by atoms with Crippen LogP contribution in [0.2, 0.25) is 0 Å². The summed E-state index contributed by atoms with van der Waals surface area (Å²) in [5.74, 6) is 1.34. The van der Waals surface area contributed by atoms with Crippen molar-refractivity contribution in [1.29, 1.82) is 0 Å². The lowest BCUT2D eigenvalue weighted by Crippen LogP contribution is -2.04. The van der Waals surface area contributed by atoms with Gasteiger partial charge in [-0.25, -0.2) is 4.98 Å². The molecule has 0 aliphatic carbocycles. The highest BCUT2D eigenvalue weighted by atomic mass is 79.9. The maximum atomic E-state index is 5.75. The maximum Gasteiger partial charge on any atom is 0.204 e. The number of aromatic nitrogens is 1. The van der Waals surface area contributed by atoms with Crippen LogP contribution in [0.15, 0.2) is 52.0 Å². The fraction of sp³-hybridized carbons (Fsp3) is 0.222. The van der Waals surface area contributed by atoms with Gasteiger partial charge in [0.25, 0.3) is 0 Å². The van der Waals surface area contributed by atoms with Gasteiger partial charge in [0, 0.05) is 0 Å². The summed E-state index contributed by atoms with van der Waals surface area (Å²) < 4.78 is 7.81. The molecule has 4 nitrogen and oxygen atoms in total. The highest BCUT2D eigenvalue weighted by molar-refractivity contribution is 9.10. The number of hydrogen-bond donors (Lipinski definition) is 1. The lowest BCUT2D eigenvalue weighted by Gasteiger charge is -2.10. The van der Waals surface area contributed by atoms with Crippen molar-refractivity contribution in [3.8, 4) is 5.75 Å². The van der Waals surface area contributed by atoms with Gasteiger partial charge in [0.15, 0.2) is 0 Å². The highest BCUT2D eigenvalue weighted by Crippen LogP contribution is 2.27. The van der Waals surface area contributed by atoms with Crippen molar-refractivity contribution in [2.75, 3.05) is 12.0 Å². The normalized spacial score (nSPS) is 11.5. The number of nitrogens with one attached hydrogen (secondary N) is 1. The predicted octanol–water partition coefficient (Wildman–Crippen LogP) is 5.54. The lowest BCUT2D eigenvalue weighted by atomic mass is 10.2. The van der Waals surface area contributed by atoms with Crippen LogP contribution >= 0.6 is 27.3 Å². The molecule has 0 fully saturated rings. The van der Waals surface area contributed by atoms with Crippen molar-refractivity contribution in [2.24, 2.45) is 11.0 Å². The summed E-state index contributed by atoms with van der Waals surface area (Å²) >= 11 is 5.12. The minimum atomic E-state index is 0.496. The van der Waals surface area contributed by atoms with Crippen molar-refractivity contribution in [2.45, 2.75) is 13.8 Å². The Kier molecular flexibility index (Phi) is 5.48. The Morgan fingerprint density at radius 2 is 2.12 bits per heavy atom. The number of thiazole rings is 1. The number of nitrogens with zero attached hydrogens (tertiary/aromatic N) is 2. The number of halogens is 1. The topological polar surface area (TPSA) is 46.5 Å². The average Bonchev–Trinajstić information content (AvgIpc) is 2.96. The Hall–Kier alpha value is -1.92. The van der Waals surface area contributed by atoms with E-state index in [1.54, 1.807) is 17.6 Å². The van der Waals surface area contributed by atoms with E-state index in [2.05, 4.69) is 51.4 Å². The number of rotatable bonds is 6. The van der Waals surface area contributed by atoms with Gasteiger partial charge in [-0.2, -0.15) is 5.10 Å². The molecule has 3 aromatic rings. The van der Waals surface area contributed by atoms with E-state index in [1.165, 1.54) is 0 Å². The molecule has 0 radical (unpaired) electrons. The standard InChI is InChI=1S/C18H18BrN3OS/c1-12(2)11-23-16-8-7-13(9-14(16)19)10-20-22-18-21-15-5-3-4-6-17(15)24-18/h3-10,12H,11H2,1-2H3,(H,21,22)/b20-10-. The van der Waals surface area contributed by atoms with Crippen LogP contribution in [0.4, 0.5) is 5.13 Å². The highest BCUT2D eigenvalue weighted by Gasteiger charge is 2.04. The predicted molar refractivity (Wildman–Crippen MR) is 105 cm³/mol. The summed E-state index contributed by atoms with van der Waals surface area (Å²) in [5, 5.41) is 5.04. The Labute approximate surface area is 153 Å². The number of fused-ring (bicyclic) bond motifs is 1. The molecule has 124 valence electrons. The third-order valence-corrected chi connectivity index (χ3v) is 4.76. The number of para-hydroxylation sites is 1. The largest absolute Gasteiger partial charge is 0.492 e. The molecule has 1 heterocycles. The zero-order chi connectivity index (χ0) is 16.9. The second-order valence-corrected chi connectivity index (χ2v) is 7.64. The van der Waals surface area contributed by atoms with Gasteiger partial charge in [0.1, 0.15) is 5.75 Å². The zero-order valence-corrected chi connectivity index (χ0v) is 15.9. The number of benzene rings is 2. The van der Waals surface area contributed by atoms with E-state index in [0.717, 1.165) is 31.1 Å². The molecule has 3 rings (SSSR count). The van der Waals surface area contributed by atoms with Crippen LogP contribution in [0.3, 0.4) is 0 Å². The van der Waals surface area contributed by atoms with Crippen molar-refractivity contribution in [3.05, 3.63) is 52.5 Å². The van der Waals surface area contributed by atoms with Crippen molar-refractivity contribution >= 4 is 48.8 Å². The summed E-state index contributed by atoms with van der Waals surface area (Å²) in [5.41, 5.74) is 4.95. The van der Waals surface area contributed by atoms with E-state index in [4.69, 9.17) is 4.74 Å². The van der Waals surface area contributed by atoms with Crippen LogP contribution in [0, 0.1) is 5.92 Å². The molecule has 6 heteroatoms. The number of ether oxygens (including phenoxy) is 1. The molecular formula is C18H18BrN3OS. The Bertz CT molecular complexity index is 827. The first-order valence-electron chi connectivity index (χ1n) is 7.69. The van der Waals surface area contributed by atoms with Gasteiger partial charge in [-0.3, -0.25) is 5.43 Å². The van der Waals surface area contributed by atoms with Gasteiger partial charge in [-0.1, -0.05) is 37.3 Å². The number of anilines is 1. The molecule has 0 bridgehead atoms. The fourth-order valence-electron chi connectivity index (χ4n) is 2.05. The first-order chi connectivity index (χ1) is 11.6. The number of hydrazone groups is 1. The van der Waals surface area contributed by atoms with Crippen LogP contribution < -0.4 is 10.2 Å². The minimum Gasteiger partial charge on any atom is -0.492 e. The molecule has 24 heavy (non-hydrogen) atoms. The van der Waals surface area contributed by atoms with Crippen LogP contribution in [0.1, 0.15) is 19.4 Å². The van der Waals surface area contributed by atoms with Gasteiger partial charge >= 0.3 is 0 Å². The Morgan fingerprint density at radius 1 is 1.29 bits per heavy atom. The molecular weight excluding hydrogens is 386 g/mol. The summed E-state index contributed by atoms with van der Waals surface area (Å²) in [6.07, 6.45) is 1.77. The SMILES string of the molecule is CC(C)COc1ccc(/C=N\Nc2nc3ccccc3s2)cc1Br. The summed E-state index contributed by atoms with van der Waals surface area (Å²) in [4.78, 5) is 4.48. The first kappa shape index (κ1) is 16.9. The molecule has 2 aromatic carbocycles. The summed E-state index contributed by atoms with van der Waals surface area (Å²) in [7, 11) is 0. The van der Waals surface area contributed by atoms with Crippen molar-refractivity contribution < 1.29 is 4.74 Å². The van der Waals surface area contributed by atoms with Gasteiger partial charge in [0.05, 0.1) is 27.5 Å². The zero-order valence-electron chi connectivity index (χ0n) is 13.5. The molecule has 0 spiro atoms. The second-order valence-electron chi connectivity index (χ2n) is 5.75. The molecule has 0 aliphatic heterocycles. The van der Waals surface area contributed by atoms with Gasteiger partial charge < -0.3 is 4.74 Å². The van der Waals surface area contributed by atoms with Crippen molar-refractivity contribution in [1.82, 2.24) is 4.98 Å². The van der Waals surface area contributed by atoms with E-state index < -0.39 is 0 Å². The van der Waals surface area contributed by atoms with Crippen molar-refractivity contribution in [3.63, 3.8) is 0 Å². The third kappa shape index (κ3) is 4.33. The fourth-order valence-corrected chi connectivity index (χ4v) is 3.38. The minimum absolute atomic E-state index is 0.496. The quantitative estimate of drug-likeness (QED) is 0.434. The Morgan fingerprint density at radius 3 is 2.88 bits per heavy atom. The molecule has 0 aliphatic rings. The van der Waals surface area contributed by atoms with Gasteiger partial charge in [0.2, 0.25) is 5.13 Å². The lowest BCUT2D eigenvalue weighted by molar-refractivity contribution is 0.269. The third-order valence-electron chi connectivity index (χ3n) is 3.20. The van der Waals surface area contributed by atoms with E-state index in [1.807, 2.05) is 36.4 Å². The monoisotopic (exact) mass is 403 g/mol. The molecule has 0 atom stereocenters. The van der Waals surface area contributed by atoms with E-state index in [9.17, 15) is 0 Å². The number of hydrogen-bond acceptors (Lipinski definition) is 5. The molecule has 0 amide bonds. The van der Waals surface area contributed by atoms with Crippen LogP contribution in [0.5, 0.6) is 5.75 Å². The first-order valence-corrected chi connectivity index (χ1v) is 9.30. The van der Waals surface area contributed by atoms with Crippen LogP contribution in [0.25, 0.3) is 10.2 Å². The molecule has 0 saturated carbocycles. The van der Waals surface area contributed by atoms with Gasteiger partial charge in [-0.05, 0) is 57.7 Å². The maximum absolute atomic E-state index is 5.75. The summed E-state index contributed by atoms with van der Waals surface area (Å²) in [6.45, 7) is 4.95. The van der Waals surface area contributed by atoms with E-state index in [-0.39, 0.29) is 0 Å². The molecule has 0 unspecified atom stereocenters. The van der Waals surface area contributed by atoms with E-state index in [0.29, 0.717) is 12.5 Å². The molecule has 1 aromatic heterocycles. The molecule has 1 N–H and O–H groups in total. The van der Waals surface area contributed by atoms with E-state index >= 15 is 0 Å². The van der Waals surface area contributed by atoms with Gasteiger partial charge in [-0.15, -0.1) is 0 Å². The summed E-state index contributed by atoms with van der Waals surface area (Å²) in [6, 6.07) is 13.9. The van der Waals surface area contributed by atoms with Crippen LogP contribution in [-0.2, 0) is 0 Å². The smallest absolute Gasteiger partial charge is 0.204 e. The Balaban J connectivity index is 1.64. The second kappa shape index (κ2) is 7.77. The molecule has 0 saturated heterocycles. The average molecular weight is 404 g/mol.